The Labute approximate surface area is 382 Å². The number of allylic oxidation sites excluding steroid dienone is 8. The molecule has 2 aliphatic heterocycles. The fourth-order valence-electron chi connectivity index (χ4n) is 10.4. The molecule has 1 aliphatic carbocycles. The molecule has 0 saturated heterocycles. The van der Waals surface area contributed by atoms with E-state index in [2.05, 4.69) is 122 Å². The third-order valence-electron chi connectivity index (χ3n) is 13.4. The standard InChI is InChI=1S/C53H56N2O8S2/c1-52(2)46(54(32-9-11-34-64(58,59)60)44-28-24-36-14-5-7-18-42(36)49(44)52)30-26-38-16-13-17-39(48(38)40-20-22-41(23-21-40)51(56)57)27-31-47-53(3,4)50-43-19-8-6-15-37(43)25-29-45(50)55(47)33-10-12-35-65(61,62)63/h5-8,14-15,18-31H,9-13,16-17,32-35H2,1-4H3,(H2-,56,57,58,59,60,61,62,63)/p+1. The van der Waals surface area contributed by atoms with Crippen LogP contribution >= 0.6 is 0 Å². The van der Waals surface area contributed by atoms with Crippen molar-refractivity contribution in [1.29, 1.82) is 0 Å². The Hall–Kier alpha value is -5.66. The van der Waals surface area contributed by atoms with Gasteiger partial charge >= 0.3 is 5.97 Å². The van der Waals surface area contributed by atoms with Crippen LogP contribution in [0.5, 0.6) is 0 Å². The van der Waals surface area contributed by atoms with E-state index in [-0.39, 0.29) is 17.1 Å². The quantitative estimate of drug-likeness (QED) is 0.0529. The average molecular weight is 914 g/mol. The molecule has 8 rings (SSSR count). The summed E-state index contributed by atoms with van der Waals surface area (Å²) in [6.45, 7) is 10.0. The summed E-state index contributed by atoms with van der Waals surface area (Å²) in [6, 6.07) is 32.3. The predicted molar refractivity (Wildman–Crippen MR) is 262 cm³/mol. The molecule has 12 heteroatoms. The molecule has 0 saturated carbocycles. The normalized spacial score (nSPS) is 18.5. The molecule has 3 N–H and O–H groups in total. The Kier molecular flexibility index (Phi) is 12.7. The Morgan fingerprint density at radius 2 is 1.31 bits per heavy atom. The van der Waals surface area contributed by atoms with Gasteiger partial charge in [-0.3, -0.25) is 9.11 Å². The first kappa shape index (κ1) is 45.9. The number of carboxylic acids is 1. The van der Waals surface area contributed by atoms with Crippen molar-refractivity contribution in [3.8, 4) is 0 Å². The highest BCUT2D eigenvalue weighted by molar-refractivity contribution is 7.86. The van der Waals surface area contributed by atoms with E-state index in [1.807, 2.05) is 24.3 Å². The van der Waals surface area contributed by atoms with Gasteiger partial charge in [-0.25, -0.2) is 4.79 Å². The van der Waals surface area contributed by atoms with E-state index >= 15 is 0 Å². The van der Waals surface area contributed by atoms with Crippen LogP contribution in [-0.2, 0) is 31.1 Å². The average Bonchev–Trinajstić information content (AvgIpc) is 3.62. The van der Waals surface area contributed by atoms with Crippen molar-refractivity contribution in [3.63, 3.8) is 0 Å². The molecular formula is C53H57N2O8S2+. The van der Waals surface area contributed by atoms with Gasteiger partial charge in [0.05, 0.1) is 22.5 Å². The van der Waals surface area contributed by atoms with Crippen molar-refractivity contribution < 1.29 is 40.4 Å². The lowest BCUT2D eigenvalue weighted by Crippen LogP contribution is -2.28. The zero-order valence-electron chi connectivity index (χ0n) is 37.4. The number of anilines is 1. The van der Waals surface area contributed by atoms with Gasteiger partial charge in [0.25, 0.3) is 20.2 Å². The van der Waals surface area contributed by atoms with Crippen LogP contribution in [0.2, 0.25) is 0 Å². The molecule has 0 atom stereocenters. The molecule has 65 heavy (non-hydrogen) atoms. The van der Waals surface area contributed by atoms with Crippen LogP contribution in [0.25, 0.3) is 27.1 Å². The van der Waals surface area contributed by atoms with Gasteiger partial charge in [-0.1, -0.05) is 92.7 Å². The van der Waals surface area contributed by atoms with Crippen LogP contribution in [0.1, 0.15) is 99.7 Å². The SMILES string of the molecule is CC1(C)C(=CC=C2CCCC(C=CC3=[N+](CCCCS(=O)(=O)O)c4ccc5ccccc5c4C3(C)C)=C2c2ccc(C(=O)O)cc2)N(CCCCS(=O)(=O)O)c2ccc3ccccc3c21. The van der Waals surface area contributed by atoms with E-state index in [1.165, 1.54) is 11.1 Å². The second kappa shape index (κ2) is 18.0. The maximum absolute atomic E-state index is 12.0. The topological polar surface area (TPSA) is 152 Å². The summed E-state index contributed by atoms with van der Waals surface area (Å²) in [5.74, 6) is -1.59. The number of benzene rings is 5. The summed E-state index contributed by atoms with van der Waals surface area (Å²) in [5, 5.41) is 14.4. The molecule has 0 aromatic heterocycles. The minimum Gasteiger partial charge on any atom is -0.478 e. The summed E-state index contributed by atoms with van der Waals surface area (Å²) < 4.78 is 67.9. The van der Waals surface area contributed by atoms with Crippen molar-refractivity contribution in [2.75, 3.05) is 29.5 Å². The number of carboxylic acid groups (broad SMARTS) is 1. The number of fused-ring (bicyclic) bond motifs is 6. The number of rotatable bonds is 15. The van der Waals surface area contributed by atoms with Crippen molar-refractivity contribution in [1.82, 2.24) is 0 Å². The number of nitrogens with zero attached hydrogens (tertiary/aromatic N) is 2. The molecule has 3 aliphatic rings. The van der Waals surface area contributed by atoms with Gasteiger partial charge in [-0.2, -0.15) is 21.4 Å². The number of carbonyl (C=O) groups is 1. The highest BCUT2D eigenvalue weighted by Gasteiger charge is 2.46. The van der Waals surface area contributed by atoms with E-state index in [0.717, 1.165) is 85.9 Å². The Morgan fingerprint density at radius 3 is 1.95 bits per heavy atom. The first-order valence-electron chi connectivity index (χ1n) is 22.4. The van der Waals surface area contributed by atoms with Gasteiger partial charge in [-0.05, 0) is 132 Å². The highest BCUT2D eigenvalue weighted by Crippen LogP contribution is 2.51. The highest BCUT2D eigenvalue weighted by atomic mass is 32.2. The number of hydrogen-bond donors (Lipinski definition) is 3. The van der Waals surface area contributed by atoms with E-state index in [0.29, 0.717) is 38.8 Å². The molecule has 10 nitrogen and oxygen atoms in total. The zero-order chi connectivity index (χ0) is 46.3. The van der Waals surface area contributed by atoms with Crippen molar-refractivity contribution in [3.05, 3.63) is 160 Å². The Morgan fingerprint density at radius 1 is 0.692 bits per heavy atom. The van der Waals surface area contributed by atoms with E-state index < -0.39 is 37.0 Å². The lowest BCUT2D eigenvalue weighted by Gasteiger charge is -2.28. The largest absolute Gasteiger partial charge is 0.478 e. The maximum atomic E-state index is 12.0. The molecule has 5 aromatic carbocycles. The van der Waals surface area contributed by atoms with Gasteiger partial charge in [0.2, 0.25) is 5.69 Å². The smallest absolute Gasteiger partial charge is 0.335 e. The molecular weight excluding hydrogens is 857 g/mol. The fraction of sp³-hybridized carbons (Fsp3) is 0.321. The van der Waals surface area contributed by atoms with E-state index in [9.17, 15) is 35.8 Å². The summed E-state index contributed by atoms with van der Waals surface area (Å²) in [5.41, 5.74) is 10.2. The third-order valence-corrected chi connectivity index (χ3v) is 15.0. The minimum atomic E-state index is -4.09. The summed E-state index contributed by atoms with van der Waals surface area (Å²) in [7, 11) is -8.17. The molecule has 0 fully saturated rings. The molecule has 5 aromatic rings. The molecule has 0 radical (unpaired) electrons. The zero-order valence-corrected chi connectivity index (χ0v) is 39.1. The first-order valence-corrected chi connectivity index (χ1v) is 25.6. The maximum Gasteiger partial charge on any atom is 0.335 e. The first-order chi connectivity index (χ1) is 30.8. The molecule has 0 bridgehead atoms. The van der Waals surface area contributed by atoms with Crippen LogP contribution in [0, 0.1) is 0 Å². The predicted octanol–water partition coefficient (Wildman–Crippen LogP) is 11.2. The number of aromatic carboxylic acids is 1. The van der Waals surface area contributed by atoms with Crippen molar-refractivity contribution >= 4 is 70.4 Å². The summed E-state index contributed by atoms with van der Waals surface area (Å²) >= 11 is 0. The van der Waals surface area contributed by atoms with E-state index in [4.69, 9.17) is 0 Å². The third kappa shape index (κ3) is 9.40. The Bertz CT molecular complexity index is 3100. The van der Waals surface area contributed by atoms with Crippen LogP contribution in [-0.4, -0.2) is 71.9 Å². The van der Waals surface area contributed by atoms with Crippen LogP contribution in [0.3, 0.4) is 0 Å². The number of hydrogen-bond acceptors (Lipinski definition) is 6. The van der Waals surface area contributed by atoms with E-state index in [1.54, 1.807) is 12.1 Å². The molecule has 0 spiro atoms. The van der Waals surface area contributed by atoms with Gasteiger partial charge in [0.15, 0.2) is 5.71 Å². The summed E-state index contributed by atoms with van der Waals surface area (Å²) in [6.07, 6.45) is 13.1. The summed E-state index contributed by atoms with van der Waals surface area (Å²) in [4.78, 5) is 14.3. The van der Waals surface area contributed by atoms with Gasteiger partial charge in [-0.15, -0.1) is 0 Å². The Balaban J connectivity index is 1.25. The molecule has 338 valence electrons. The molecule has 0 amide bonds. The van der Waals surface area contributed by atoms with Crippen LogP contribution in [0.4, 0.5) is 11.4 Å². The van der Waals surface area contributed by atoms with Gasteiger partial charge in [0, 0.05) is 47.5 Å². The monoisotopic (exact) mass is 913 g/mol. The number of unbranched alkanes of at least 4 members (excludes halogenated alkanes) is 2. The van der Waals surface area contributed by atoms with Crippen LogP contribution in [0.15, 0.2) is 138 Å². The second-order valence-corrected chi connectivity index (χ2v) is 21.6. The van der Waals surface area contributed by atoms with Gasteiger partial charge < -0.3 is 10.0 Å². The van der Waals surface area contributed by atoms with Gasteiger partial charge in [0.1, 0.15) is 6.54 Å². The molecule has 0 unspecified atom stereocenters. The van der Waals surface area contributed by atoms with Crippen LogP contribution < -0.4 is 4.90 Å². The lowest BCUT2D eigenvalue weighted by molar-refractivity contribution is -0.438. The van der Waals surface area contributed by atoms with Crippen molar-refractivity contribution in [2.45, 2.75) is 83.5 Å². The van der Waals surface area contributed by atoms with Crippen molar-refractivity contribution in [2.24, 2.45) is 0 Å². The molecule has 2 heterocycles. The fourth-order valence-corrected chi connectivity index (χ4v) is 11.6. The second-order valence-electron chi connectivity index (χ2n) is 18.5. The minimum absolute atomic E-state index is 0.204. The lowest BCUT2D eigenvalue weighted by atomic mass is 9.78.